The molecule has 0 saturated heterocycles. The zero-order chi connectivity index (χ0) is 13.9. The van der Waals surface area contributed by atoms with Crippen LogP contribution < -0.4 is 16.0 Å². The summed E-state index contributed by atoms with van der Waals surface area (Å²) in [6.45, 7) is 7.97. The molecule has 0 heterocycles. The number of aliphatic imine (C=N–C) groups is 1. The highest BCUT2D eigenvalue weighted by Crippen LogP contribution is 2.12. The number of nitrogens with two attached hydrogens (primary N) is 1. The molecule has 0 bridgehead atoms. The minimum Gasteiger partial charge on any atom is -0.372 e. The van der Waals surface area contributed by atoms with E-state index >= 15 is 0 Å². The molecule has 0 atom stereocenters. The molecule has 4 nitrogen and oxygen atoms in total. The molecular weight excluding hydrogens is 363 g/mol. The molecule has 0 aliphatic carbocycles. The topological polar surface area (TPSA) is 53.6 Å². The Hall–Kier alpha value is -0.980. The van der Waals surface area contributed by atoms with Crippen LogP contribution in [0.15, 0.2) is 35.3 Å². The molecule has 5 heteroatoms. The van der Waals surface area contributed by atoms with Crippen molar-refractivity contribution in [3.05, 3.63) is 30.3 Å². The fourth-order valence-corrected chi connectivity index (χ4v) is 1.88. The molecule has 114 valence electrons. The van der Waals surface area contributed by atoms with Crippen molar-refractivity contribution < 1.29 is 0 Å². The van der Waals surface area contributed by atoms with Crippen LogP contribution in [0.3, 0.4) is 0 Å². The Morgan fingerprint density at radius 2 is 1.95 bits per heavy atom. The first-order valence-electron chi connectivity index (χ1n) is 7.11. The van der Waals surface area contributed by atoms with Gasteiger partial charge in [0.25, 0.3) is 0 Å². The molecule has 0 amide bonds. The number of hydrogen-bond donors (Lipinski definition) is 2. The van der Waals surface area contributed by atoms with Gasteiger partial charge in [-0.3, -0.25) is 4.99 Å². The quantitative estimate of drug-likeness (QED) is 0.311. The van der Waals surface area contributed by atoms with E-state index in [4.69, 9.17) is 5.73 Å². The third-order valence-corrected chi connectivity index (χ3v) is 2.92. The van der Waals surface area contributed by atoms with Gasteiger partial charge in [-0.2, -0.15) is 0 Å². The number of halogens is 1. The first-order chi connectivity index (χ1) is 9.27. The Morgan fingerprint density at radius 3 is 2.55 bits per heavy atom. The molecule has 1 aromatic rings. The Bertz CT molecular complexity index is 367. The van der Waals surface area contributed by atoms with Gasteiger partial charge in [-0.05, 0) is 31.9 Å². The molecule has 0 aliphatic rings. The smallest absolute Gasteiger partial charge is 0.188 e. The third kappa shape index (κ3) is 7.57. The lowest BCUT2D eigenvalue weighted by atomic mass is 10.2. The van der Waals surface area contributed by atoms with Crippen LogP contribution in [0.5, 0.6) is 0 Å². The van der Waals surface area contributed by atoms with Crippen molar-refractivity contribution in [2.24, 2.45) is 10.7 Å². The summed E-state index contributed by atoms with van der Waals surface area (Å²) in [4.78, 5) is 6.57. The van der Waals surface area contributed by atoms with Gasteiger partial charge in [0.2, 0.25) is 0 Å². The molecule has 1 aromatic carbocycles. The number of anilines is 1. The molecular formula is C15H27IN4. The summed E-state index contributed by atoms with van der Waals surface area (Å²) in [7, 11) is 0. The van der Waals surface area contributed by atoms with Gasteiger partial charge < -0.3 is 16.0 Å². The largest absolute Gasteiger partial charge is 0.372 e. The maximum Gasteiger partial charge on any atom is 0.188 e. The van der Waals surface area contributed by atoms with E-state index in [0.29, 0.717) is 5.96 Å². The fraction of sp³-hybridized carbons (Fsp3) is 0.533. The SMILES string of the molecule is CCCN=C(N)NCCCN(CC)c1ccccc1.I. The second kappa shape index (κ2) is 11.8. The molecule has 0 saturated carbocycles. The molecule has 20 heavy (non-hydrogen) atoms. The summed E-state index contributed by atoms with van der Waals surface area (Å²) in [6.07, 6.45) is 2.07. The van der Waals surface area contributed by atoms with Crippen LogP contribution in [0.2, 0.25) is 0 Å². The van der Waals surface area contributed by atoms with Gasteiger partial charge in [0, 0.05) is 31.9 Å². The van der Waals surface area contributed by atoms with Gasteiger partial charge in [0.15, 0.2) is 5.96 Å². The van der Waals surface area contributed by atoms with Crippen LogP contribution in [0.4, 0.5) is 5.69 Å². The lowest BCUT2D eigenvalue weighted by molar-refractivity contribution is 0.719. The van der Waals surface area contributed by atoms with Gasteiger partial charge in [0.05, 0.1) is 0 Å². The van der Waals surface area contributed by atoms with Gasteiger partial charge in [-0.25, -0.2) is 0 Å². The van der Waals surface area contributed by atoms with Crippen molar-refractivity contribution in [2.75, 3.05) is 31.1 Å². The Morgan fingerprint density at radius 1 is 1.25 bits per heavy atom. The maximum absolute atomic E-state index is 5.75. The number of guanidine groups is 1. The van der Waals surface area contributed by atoms with Gasteiger partial charge in [-0.1, -0.05) is 25.1 Å². The standard InChI is InChI=1S/C15H26N4.HI/c1-3-11-17-15(16)18-12-8-13-19(4-2)14-9-6-5-7-10-14;/h5-7,9-10H,3-4,8,11-13H2,1-2H3,(H3,16,17,18);1H. The number of benzene rings is 1. The predicted molar refractivity (Wildman–Crippen MR) is 99.1 cm³/mol. The highest BCUT2D eigenvalue weighted by molar-refractivity contribution is 14.0. The summed E-state index contributed by atoms with van der Waals surface area (Å²) in [5, 5.41) is 3.15. The van der Waals surface area contributed by atoms with Gasteiger partial charge in [0.1, 0.15) is 0 Å². The van der Waals surface area contributed by atoms with Crippen molar-refractivity contribution in [2.45, 2.75) is 26.7 Å². The number of hydrogen-bond acceptors (Lipinski definition) is 2. The van der Waals surface area contributed by atoms with E-state index in [1.54, 1.807) is 0 Å². The Kier molecular flexibility index (Phi) is 11.2. The van der Waals surface area contributed by atoms with Crippen LogP contribution >= 0.6 is 24.0 Å². The molecule has 0 fully saturated rings. The summed E-state index contributed by atoms with van der Waals surface area (Å²) < 4.78 is 0. The summed E-state index contributed by atoms with van der Waals surface area (Å²) in [5.41, 5.74) is 7.02. The first kappa shape index (κ1) is 19.0. The van der Waals surface area contributed by atoms with Crippen LogP contribution in [0.1, 0.15) is 26.7 Å². The van der Waals surface area contributed by atoms with Crippen LogP contribution in [0, 0.1) is 0 Å². The third-order valence-electron chi connectivity index (χ3n) is 2.92. The van der Waals surface area contributed by atoms with E-state index in [2.05, 4.69) is 53.3 Å². The van der Waals surface area contributed by atoms with Crippen molar-refractivity contribution >= 4 is 35.6 Å². The average Bonchev–Trinajstić information content (AvgIpc) is 2.46. The van der Waals surface area contributed by atoms with Crippen molar-refractivity contribution in [1.29, 1.82) is 0 Å². The normalized spacial score (nSPS) is 10.8. The van der Waals surface area contributed by atoms with Crippen molar-refractivity contribution in [1.82, 2.24) is 5.32 Å². The molecule has 0 radical (unpaired) electrons. The lowest BCUT2D eigenvalue weighted by Gasteiger charge is -2.23. The Labute approximate surface area is 139 Å². The summed E-state index contributed by atoms with van der Waals surface area (Å²) in [6, 6.07) is 10.5. The molecule has 0 spiro atoms. The lowest BCUT2D eigenvalue weighted by Crippen LogP contribution is -2.34. The second-order valence-corrected chi connectivity index (χ2v) is 4.46. The monoisotopic (exact) mass is 390 g/mol. The minimum absolute atomic E-state index is 0. The predicted octanol–water partition coefficient (Wildman–Crippen LogP) is 2.84. The highest BCUT2D eigenvalue weighted by Gasteiger charge is 2.02. The van der Waals surface area contributed by atoms with Crippen LogP contribution in [0.25, 0.3) is 0 Å². The molecule has 0 aromatic heterocycles. The molecule has 0 unspecified atom stereocenters. The van der Waals surface area contributed by atoms with E-state index in [-0.39, 0.29) is 24.0 Å². The van der Waals surface area contributed by atoms with E-state index in [1.165, 1.54) is 5.69 Å². The number of nitrogens with zero attached hydrogens (tertiary/aromatic N) is 2. The van der Waals surface area contributed by atoms with Crippen LogP contribution in [-0.2, 0) is 0 Å². The van der Waals surface area contributed by atoms with Crippen molar-refractivity contribution in [3.63, 3.8) is 0 Å². The summed E-state index contributed by atoms with van der Waals surface area (Å²) in [5.74, 6) is 0.560. The molecule has 1 rings (SSSR count). The molecule has 3 N–H and O–H groups in total. The van der Waals surface area contributed by atoms with E-state index in [1.807, 2.05) is 6.07 Å². The number of nitrogens with one attached hydrogen (secondary N) is 1. The fourth-order valence-electron chi connectivity index (χ4n) is 1.88. The zero-order valence-corrected chi connectivity index (χ0v) is 14.8. The van der Waals surface area contributed by atoms with E-state index in [9.17, 15) is 0 Å². The zero-order valence-electron chi connectivity index (χ0n) is 12.5. The van der Waals surface area contributed by atoms with Crippen molar-refractivity contribution in [3.8, 4) is 0 Å². The highest BCUT2D eigenvalue weighted by atomic mass is 127. The Balaban J connectivity index is 0.00000361. The van der Waals surface area contributed by atoms with Gasteiger partial charge in [-0.15, -0.1) is 24.0 Å². The maximum atomic E-state index is 5.75. The summed E-state index contributed by atoms with van der Waals surface area (Å²) >= 11 is 0. The number of rotatable bonds is 8. The van der Waals surface area contributed by atoms with Crippen LogP contribution in [-0.4, -0.2) is 32.1 Å². The van der Waals surface area contributed by atoms with E-state index < -0.39 is 0 Å². The second-order valence-electron chi connectivity index (χ2n) is 4.46. The molecule has 0 aliphatic heterocycles. The average molecular weight is 390 g/mol. The van der Waals surface area contributed by atoms with E-state index in [0.717, 1.165) is 39.0 Å². The van der Waals surface area contributed by atoms with Gasteiger partial charge >= 0.3 is 0 Å². The first-order valence-corrected chi connectivity index (χ1v) is 7.11. The minimum atomic E-state index is 0. The number of para-hydroxylation sites is 1.